The summed E-state index contributed by atoms with van der Waals surface area (Å²) in [6, 6.07) is 0.861. The van der Waals surface area contributed by atoms with Crippen LogP contribution in [0.2, 0.25) is 0 Å². The van der Waals surface area contributed by atoms with Crippen LogP contribution >= 0.6 is 0 Å². The molecule has 0 aromatic carbocycles. The molecule has 0 heterocycles. The van der Waals surface area contributed by atoms with Gasteiger partial charge in [-0.1, -0.05) is 13.8 Å². The molecule has 0 bridgehead atoms. The number of halogens is 4. The fourth-order valence-corrected chi connectivity index (χ4v) is 0.760. The standard InChI is InChI=1S/C6H15N.BF4/c1-4-6(5-2)7-3;2-1(3,4)5/h6-7H,4-5H2,1-3H3;/q;-1/p+1. The minimum Gasteiger partial charge on any atom is -0.418 e. The number of hydrogen-bond acceptors (Lipinski definition) is 0. The summed E-state index contributed by atoms with van der Waals surface area (Å²) >= 11 is 0. The highest BCUT2D eigenvalue weighted by molar-refractivity contribution is 6.50. The van der Waals surface area contributed by atoms with Crippen LogP contribution in [0.4, 0.5) is 17.3 Å². The van der Waals surface area contributed by atoms with E-state index in [1.165, 1.54) is 12.8 Å². The van der Waals surface area contributed by atoms with Crippen molar-refractivity contribution in [2.45, 2.75) is 32.7 Å². The molecule has 0 atom stereocenters. The van der Waals surface area contributed by atoms with Gasteiger partial charge in [0.25, 0.3) is 0 Å². The largest absolute Gasteiger partial charge is 0.673 e. The lowest BCUT2D eigenvalue weighted by Crippen LogP contribution is -2.85. The van der Waals surface area contributed by atoms with E-state index in [2.05, 4.69) is 26.2 Å². The molecule has 0 aliphatic heterocycles. The number of rotatable bonds is 3. The minimum atomic E-state index is -6.00. The second-order valence-electron chi connectivity index (χ2n) is 2.40. The van der Waals surface area contributed by atoms with E-state index in [4.69, 9.17) is 0 Å². The normalized spacial score (nSPS) is 11.0. The first kappa shape index (κ1) is 14.3. The minimum absolute atomic E-state index is 0.861. The molecule has 12 heavy (non-hydrogen) atoms. The van der Waals surface area contributed by atoms with Gasteiger partial charge in [-0.2, -0.15) is 0 Å². The van der Waals surface area contributed by atoms with Crippen LogP contribution in [0.1, 0.15) is 26.7 Å². The van der Waals surface area contributed by atoms with Gasteiger partial charge in [-0.05, 0) is 12.8 Å². The molecule has 0 radical (unpaired) electrons. The Bertz CT molecular complexity index is 80.5. The van der Waals surface area contributed by atoms with E-state index < -0.39 is 7.25 Å². The van der Waals surface area contributed by atoms with Crippen LogP contribution in [0.25, 0.3) is 0 Å². The predicted molar refractivity (Wildman–Crippen MR) is 42.4 cm³/mol. The third-order valence-corrected chi connectivity index (χ3v) is 1.52. The highest BCUT2D eigenvalue weighted by atomic mass is 19.5. The van der Waals surface area contributed by atoms with Gasteiger partial charge in [-0.15, -0.1) is 0 Å². The highest BCUT2D eigenvalue weighted by Gasteiger charge is 2.20. The van der Waals surface area contributed by atoms with Crippen molar-refractivity contribution in [3.63, 3.8) is 0 Å². The van der Waals surface area contributed by atoms with Gasteiger partial charge in [-0.25, -0.2) is 0 Å². The van der Waals surface area contributed by atoms with Crippen LogP contribution in [0.15, 0.2) is 0 Å². The molecule has 2 N–H and O–H groups in total. The fourth-order valence-electron chi connectivity index (χ4n) is 0.760. The predicted octanol–water partition coefficient (Wildman–Crippen LogP) is 1.67. The number of hydrogen-bond donors (Lipinski definition) is 1. The maximum absolute atomic E-state index is 9.75. The SMILES string of the molecule is CCC(CC)[NH2+]C.F[B-](F)(F)F. The van der Waals surface area contributed by atoms with Crippen molar-refractivity contribution in [2.24, 2.45) is 0 Å². The van der Waals surface area contributed by atoms with Crippen molar-refractivity contribution in [1.82, 2.24) is 0 Å². The van der Waals surface area contributed by atoms with Gasteiger partial charge >= 0.3 is 7.25 Å². The Morgan fingerprint density at radius 1 is 1.08 bits per heavy atom. The Balaban J connectivity index is 0. The fraction of sp³-hybridized carbons (Fsp3) is 1.00. The average Bonchev–Trinajstić information content (AvgIpc) is 1.88. The molecule has 0 aromatic rings. The molecule has 6 heteroatoms. The molecule has 0 unspecified atom stereocenters. The van der Waals surface area contributed by atoms with E-state index in [-0.39, 0.29) is 0 Å². The van der Waals surface area contributed by atoms with Gasteiger partial charge in [0.1, 0.15) is 0 Å². The van der Waals surface area contributed by atoms with Crippen molar-refractivity contribution in [3.8, 4) is 0 Å². The molecular formula is C6H16BF4N. The Labute approximate surface area is 70.6 Å². The topological polar surface area (TPSA) is 16.6 Å². The van der Waals surface area contributed by atoms with E-state index in [1.807, 2.05) is 0 Å². The number of nitrogens with two attached hydrogens (primary N) is 1. The second-order valence-corrected chi connectivity index (χ2v) is 2.40. The summed E-state index contributed by atoms with van der Waals surface area (Å²) in [5.41, 5.74) is 0. The maximum atomic E-state index is 9.75. The van der Waals surface area contributed by atoms with Crippen LogP contribution in [0.3, 0.4) is 0 Å². The van der Waals surface area contributed by atoms with E-state index >= 15 is 0 Å². The highest BCUT2D eigenvalue weighted by Crippen LogP contribution is 2.06. The first-order valence-corrected chi connectivity index (χ1v) is 4.01. The summed E-state index contributed by atoms with van der Waals surface area (Å²) in [6.45, 7) is 4.46. The first-order valence-electron chi connectivity index (χ1n) is 4.01. The van der Waals surface area contributed by atoms with Gasteiger partial charge in [0.15, 0.2) is 0 Å². The lowest BCUT2D eigenvalue weighted by Gasteiger charge is -2.04. The molecule has 76 valence electrons. The Kier molecular flexibility index (Phi) is 8.80. The molecule has 0 aromatic heterocycles. The van der Waals surface area contributed by atoms with Crippen LogP contribution < -0.4 is 5.32 Å². The molecule has 0 saturated heterocycles. The zero-order valence-electron chi connectivity index (χ0n) is 7.66. The maximum Gasteiger partial charge on any atom is 0.673 e. The van der Waals surface area contributed by atoms with Gasteiger partial charge in [-0.3, -0.25) is 0 Å². The van der Waals surface area contributed by atoms with E-state index in [0.29, 0.717) is 0 Å². The average molecular weight is 189 g/mol. The van der Waals surface area contributed by atoms with Gasteiger partial charge in [0.2, 0.25) is 0 Å². The zero-order chi connectivity index (χ0) is 10.2. The van der Waals surface area contributed by atoms with Crippen LogP contribution in [-0.2, 0) is 0 Å². The summed E-state index contributed by atoms with van der Waals surface area (Å²) in [5, 5.41) is 2.28. The van der Waals surface area contributed by atoms with Crippen molar-refractivity contribution in [3.05, 3.63) is 0 Å². The lowest BCUT2D eigenvalue weighted by atomic mass is 10.2. The van der Waals surface area contributed by atoms with Crippen LogP contribution in [-0.4, -0.2) is 20.3 Å². The molecule has 0 aliphatic carbocycles. The van der Waals surface area contributed by atoms with E-state index in [1.54, 1.807) is 0 Å². The van der Waals surface area contributed by atoms with Crippen molar-refractivity contribution >= 4 is 7.25 Å². The molecule has 0 fully saturated rings. The lowest BCUT2D eigenvalue weighted by molar-refractivity contribution is -0.663. The molecule has 0 aliphatic rings. The van der Waals surface area contributed by atoms with Crippen molar-refractivity contribution in [1.29, 1.82) is 0 Å². The second kappa shape index (κ2) is 7.40. The molecule has 0 rings (SSSR count). The monoisotopic (exact) mass is 189 g/mol. The molecular weight excluding hydrogens is 173 g/mol. The van der Waals surface area contributed by atoms with Gasteiger partial charge < -0.3 is 22.6 Å². The quantitative estimate of drug-likeness (QED) is 0.513. The Hall–Kier alpha value is -0.255. The summed E-state index contributed by atoms with van der Waals surface area (Å²) in [7, 11) is -3.86. The Morgan fingerprint density at radius 2 is 1.33 bits per heavy atom. The van der Waals surface area contributed by atoms with Crippen molar-refractivity contribution in [2.75, 3.05) is 7.05 Å². The van der Waals surface area contributed by atoms with Crippen LogP contribution in [0, 0.1) is 0 Å². The molecule has 0 saturated carbocycles. The van der Waals surface area contributed by atoms with E-state index in [9.17, 15) is 17.3 Å². The molecule has 0 spiro atoms. The molecule has 0 amide bonds. The summed E-state index contributed by atoms with van der Waals surface area (Å²) in [5.74, 6) is 0. The van der Waals surface area contributed by atoms with Gasteiger partial charge in [0.05, 0.1) is 13.1 Å². The smallest absolute Gasteiger partial charge is 0.418 e. The summed E-state index contributed by atoms with van der Waals surface area (Å²) in [4.78, 5) is 0. The Morgan fingerprint density at radius 3 is 1.33 bits per heavy atom. The molecule has 1 nitrogen and oxygen atoms in total. The summed E-state index contributed by atoms with van der Waals surface area (Å²) in [6.07, 6.45) is 2.60. The third-order valence-electron chi connectivity index (χ3n) is 1.52. The number of quaternary nitrogens is 1. The zero-order valence-corrected chi connectivity index (χ0v) is 7.66. The van der Waals surface area contributed by atoms with E-state index in [0.717, 1.165) is 6.04 Å². The van der Waals surface area contributed by atoms with Crippen LogP contribution in [0.5, 0.6) is 0 Å². The summed E-state index contributed by atoms with van der Waals surface area (Å²) < 4.78 is 39.0. The third kappa shape index (κ3) is 22.6. The van der Waals surface area contributed by atoms with Crippen molar-refractivity contribution < 1.29 is 22.6 Å². The first-order chi connectivity index (χ1) is 5.35. The van der Waals surface area contributed by atoms with Gasteiger partial charge in [0, 0.05) is 0 Å².